The van der Waals surface area contributed by atoms with Gasteiger partial charge in [-0.2, -0.15) is 0 Å². The van der Waals surface area contributed by atoms with Gasteiger partial charge in [-0.3, -0.25) is 4.79 Å². The number of aryl methyl sites for hydroxylation is 1. The molecule has 0 spiro atoms. The SMILES string of the molecule is Cc1cc(C(=O)NCC(C)C)nc(Nc2cc(Cl)ccc2Cl)n1. The lowest BCUT2D eigenvalue weighted by molar-refractivity contribution is 0.0944. The Morgan fingerprint density at radius 3 is 2.65 bits per heavy atom. The Bertz CT molecular complexity index is 719. The molecule has 7 heteroatoms. The van der Waals surface area contributed by atoms with Gasteiger partial charge in [-0.05, 0) is 37.1 Å². The van der Waals surface area contributed by atoms with Gasteiger partial charge in [0.1, 0.15) is 5.69 Å². The van der Waals surface area contributed by atoms with Crippen LogP contribution < -0.4 is 10.6 Å². The molecular formula is C16H18Cl2N4O. The first-order valence-electron chi connectivity index (χ1n) is 7.21. The van der Waals surface area contributed by atoms with Crippen molar-refractivity contribution in [3.8, 4) is 0 Å². The highest BCUT2D eigenvalue weighted by Crippen LogP contribution is 2.27. The maximum atomic E-state index is 12.2. The number of amides is 1. The van der Waals surface area contributed by atoms with Crippen molar-refractivity contribution in [3.63, 3.8) is 0 Å². The lowest BCUT2D eigenvalue weighted by Gasteiger charge is -2.11. The number of carbonyl (C=O) groups excluding carboxylic acids is 1. The zero-order valence-corrected chi connectivity index (χ0v) is 14.7. The lowest BCUT2D eigenvalue weighted by atomic mass is 10.2. The van der Waals surface area contributed by atoms with E-state index >= 15 is 0 Å². The molecule has 0 aliphatic rings. The molecule has 2 rings (SSSR count). The molecule has 0 atom stereocenters. The summed E-state index contributed by atoms with van der Waals surface area (Å²) in [5.41, 5.74) is 1.56. The smallest absolute Gasteiger partial charge is 0.270 e. The summed E-state index contributed by atoms with van der Waals surface area (Å²) in [7, 11) is 0. The number of nitrogens with zero attached hydrogens (tertiary/aromatic N) is 2. The molecule has 2 N–H and O–H groups in total. The fourth-order valence-corrected chi connectivity index (χ4v) is 2.18. The molecule has 0 fully saturated rings. The van der Waals surface area contributed by atoms with Crippen LogP contribution in [-0.2, 0) is 0 Å². The Hall–Kier alpha value is -1.85. The summed E-state index contributed by atoms with van der Waals surface area (Å²) in [5.74, 6) is 0.429. The van der Waals surface area contributed by atoms with Crippen molar-refractivity contribution in [1.82, 2.24) is 15.3 Å². The van der Waals surface area contributed by atoms with Crippen molar-refractivity contribution < 1.29 is 4.79 Å². The second-order valence-corrected chi connectivity index (χ2v) is 6.41. The maximum absolute atomic E-state index is 12.2. The van der Waals surface area contributed by atoms with E-state index < -0.39 is 0 Å². The first-order valence-corrected chi connectivity index (χ1v) is 7.96. The molecule has 0 unspecified atom stereocenters. The van der Waals surface area contributed by atoms with E-state index in [1.165, 1.54) is 0 Å². The number of hydrogen-bond donors (Lipinski definition) is 2. The van der Waals surface area contributed by atoms with Gasteiger partial charge >= 0.3 is 0 Å². The van der Waals surface area contributed by atoms with Gasteiger partial charge in [0.15, 0.2) is 0 Å². The summed E-state index contributed by atoms with van der Waals surface area (Å²) in [5, 5.41) is 6.86. The van der Waals surface area contributed by atoms with Gasteiger partial charge in [-0.1, -0.05) is 37.0 Å². The number of carbonyl (C=O) groups is 1. The molecule has 5 nitrogen and oxygen atoms in total. The third-order valence-electron chi connectivity index (χ3n) is 2.93. The second-order valence-electron chi connectivity index (χ2n) is 5.57. The largest absolute Gasteiger partial charge is 0.350 e. The maximum Gasteiger partial charge on any atom is 0.270 e. The monoisotopic (exact) mass is 352 g/mol. The molecule has 1 amide bonds. The Balaban J connectivity index is 2.23. The van der Waals surface area contributed by atoms with Gasteiger partial charge in [0.2, 0.25) is 5.95 Å². The third kappa shape index (κ3) is 5.08. The molecule has 1 heterocycles. The van der Waals surface area contributed by atoms with Crippen LogP contribution in [0.5, 0.6) is 0 Å². The average Bonchev–Trinajstić information content (AvgIpc) is 2.48. The van der Waals surface area contributed by atoms with Gasteiger partial charge in [0.25, 0.3) is 5.91 Å². The third-order valence-corrected chi connectivity index (χ3v) is 3.50. The summed E-state index contributed by atoms with van der Waals surface area (Å²) >= 11 is 12.1. The molecule has 1 aromatic heterocycles. The molecule has 122 valence electrons. The van der Waals surface area contributed by atoms with Crippen LogP contribution in [0.4, 0.5) is 11.6 Å². The van der Waals surface area contributed by atoms with Crippen molar-refractivity contribution in [2.24, 2.45) is 5.92 Å². The lowest BCUT2D eigenvalue weighted by Crippen LogP contribution is -2.28. The summed E-state index contributed by atoms with van der Waals surface area (Å²) in [6.45, 7) is 6.44. The Morgan fingerprint density at radius 1 is 1.22 bits per heavy atom. The number of aromatic nitrogens is 2. The van der Waals surface area contributed by atoms with Crippen molar-refractivity contribution >= 4 is 40.7 Å². The number of rotatable bonds is 5. The highest BCUT2D eigenvalue weighted by molar-refractivity contribution is 6.35. The minimum atomic E-state index is -0.232. The van der Waals surface area contributed by atoms with Gasteiger partial charge in [0, 0.05) is 17.3 Å². The predicted molar refractivity (Wildman–Crippen MR) is 93.7 cm³/mol. The van der Waals surface area contributed by atoms with Gasteiger partial charge in [0.05, 0.1) is 10.7 Å². The van der Waals surface area contributed by atoms with E-state index in [2.05, 4.69) is 20.6 Å². The fourth-order valence-electron chi connectivity index (χ4n) is 1.84. The highest BCUT2D eigenvalue weighted by Gasteiger charge is 2.12. The quantitative estimate of drug-likeness (QED) is 0.845. The summed E-state index contributed by atoms with van der Waals surface area (Å²) in [4.78, 5) is 20.7. The molecule has 0 radical (unpaired) electrons. The van der Waals surface area contributed by atoms with Crippen LogP contribution in [0.3, 0.4) is 0 Å². The number of anilines is 2. The average molecular weight is 353 g/mol. The Labute approximate surface area is 145 Å². The van der Waals surface area contributed by atoms with Crippen molar-refractivity contribution in [1.29, 1.82) is 0 Å². The zero-order chi connectivity index (χ0) is 17.0. The number of benzene rings is 1. The van der Waals surface area contributed by atoms with Crippen LogP contribution in [-0.4, -0.2) is 22.4 Å². The Kier molecular flexibility index (Phi) is 5.80. The molecule has 0 saturated carbocycles. The molecule has 0 bridgehead atoms. The van der Waals surface area contributed by atoms with Gasteiger partial charge in [-0.25, -0.2) is 9.97 Å². The number of hydrogen-bond acceptors (Lipinski definition) is 4. The number of halogens is 2. The van der Waals surface area contributed by atoms with E-state index in [1.807, 2.05) is 13.8 Å². The van der Waals surface area contributed by atoms with Crippen LogP contribution in [0, 0.1) is 12.8 Å². The zero-order valence-electron chi connectivity index (χ0n) is 13.2. The van der Waals surface area contributed by atoms with Crippen molar-refractivity contribution in [3.05, 3.63) is 45.7 Å². The molecule has 0 aliphatic carbocycles. The first kappa shape index (κ1) is 17.5. The molecule has 2 aromatic rings. The second kappa shape index (κ2) is 7.62. The van der Waals surface area contributed by atoms with E-state index in [9.17, 15) is 4.79 Å². The predicted octanol–water partition coefficient (Wildman–Crippen LogP) is 4.22. The first-order chi connectivity index (χ1) is 10.8. The van der Waals surface area contributed by atoms with E-state index in [0.29, 0.717) is 45.5 Å². The molecular weight excluding hydrogens is 335 g/mol. The van der Waals surface area contributed by atoms with Crippen LogP contribution in [0.1, 0.15) is 30.0 Å². The van der Waals surface area contributed by atoms with Crippen LogP contribution in [0.25, 0.3) is 0 Å². The fraction of sp³-hybridized carbons (Fsp3) is 0.312. The minimum absolute atomic E-state index is 0.232. The molecule has 23 heavy (non-hydrogen) atoms. The normalized spacial score (nSPS) is 10.7. The Morgan fingerprint density at radius 2 is 1.96 bits per heavy atom. The van der Waals surface area contributed by atoms with Crippen LogP contribution in [0.15, 0.2) is 24.3 Å². The number of nitrogens with one attached hydrogen (secondary N) is 2. The highest BCUT2D eigenvalue weighted by atomic mass is 35.5. The molecule has 0 aliphatic heterocycles. The summed E-state index contributed by atoms with van der Waals surface area (Å²) in [6, 6.07) is 6.68. The van der Waals surface area contributed by atoms with Crippen LogP contribution >= 0.6 is 23.2 Å². The molecule has 0 saturated heterocycles. The van der Waals surface area contributed by atoms with Crippen LogP contribution in [0.2, 0.25) is 10.0 Å². The van der Waals surface area contributed by atoms with E-state index in [4.69, 9.17) is 23.2 Å². The van der Waals surface area contributed by atoms with E-state index in [0.717, 1.165) is 0 Å². The summed E-state index contributed by atoms with van der Waals surface area (Å²) in [6.07, 6.45) is 0. The standard InChI is InChI=1S/C16H18Cl2N4O/c1-9(2)8-19-15(23)14-6-10(3)20-16(22-14)21-13-7-11(17)4-5-12(13)18/h4-7,9H,8H2,1-3H3,(H,19,23)(H,20,21,22). The van der Waals surface area contributed by atoms with Gasteiger partial charge < -0.3 is 10.6 Å². The topological polar surface area (TPSA) is 66.9 Å². The van der Waals surface area contributed by atoms with Crippen molar-refractivity contribution in [2.75, 3.05) is 11.9 Å². The van der Waals surface area contributed by atoms with Gasteiger partial charge in [-0.15, -0.1) is 0 Å². The van der Waals surface area contributed by atoms with E-state index in [-0.39, 0.29) is 5.91 Å². The minimum Gasteiger partial charge on any atom is -0.350 e. The van der Waals surface area contributed by atoms with Crippen molar-refractivity contribution in [2.45, 2.75) is 20.8 Å². The van der Waals surface area contributed by atoms with E-state index in [1.54, 1.807) is 31.2 Å². The summed E-state index contributed by atoms with van der Waals surface area (Å²) < 4.78 is 0. The molecule has 1 aromatic carbocycles.